The van der Waals surface area contributed by atoms with Crippen LogP contribution in [-0.2, 0) is 17.6 Å². The van der Waals surface area contributed by atoms with E-state index < -0.39 is 5.60 Å². The van der Waals surface area contributed by atoms with Gasteiger partial charge in [-0.15, -0.1) is 0 Å². The highest BCUT2D eigenvalue weighted by Crippen LogP contribution is 2.29. The van der Waals surface area contributed by atoms with Crippen molar-refractivity contribution in [2.45, 2.75) is 32.3 Å². The Morgan fingerprint density at radius 3 is 2.88 bits per heavy atom. The number of rotatable bonds is 2. The smallest absolute Gasteiger partial charge is 0.339 e. The lowest BCUT2D eigenvalue weighted by Crippen LogP contribution is -2.45. The molecule has 16 heavy (non-hydrogen) atoms. The molecule has 0 bridgehead atoms. The molecule has 1 atom stereocenters. The summed E-state index contributed by atoms with van der Waals surface area (Å²) in [4.78, 5) is 11.9. The number of hydrogen-bond donors (Lipinski definition) is 1. The van der Waals surface area contributed by atoms with Crippen LogP contribution < -0.4 is 5.73 Å². The average molecular weight is 219 g/mol. The molecule has 3 nitrogen and oxygen atoms in total. The zero-order chi connectivity index (χ0) is 11.8. The van der Waals surface area contributed by atoms with E-state index >= 15 is 0 Å². The summed E-state index contributed by atoms with van der Waals surface area (Å²) in [6, 6.07) is 5.80. The molecule has 1 aromatic carbocycles. The zero-order valence-corrected chi connectivity index (χ0v) is 9.75. The van der Waals surface area contributed by atoms with E-state index in [1.807, 2.05) is 19.1 Å². The largest absolute Gasteiger partial charge is 0.454 e. The van der Waals surface area contributed by atoms with Crippen LogP contribution >= 0.6 is 0 Å². The van der Waals surface area contributed by atoms with Crippen LogP contribution in [0.4, 0.5) is 0 Å². The summed E-state index contributed by atoms with van der Waals surface area (Å²) in [5.41, 5.74) is 8.15. The van der Waals surface area contributed by atoms with Crippen molar-refractivity contribution in [2.24, 2.45) is 5.73 Å². The van der Waals surface area contributed by atoms with E-state index in [2.05, 4.69) is 13.0 Å². The summed E-state index contributed by atoms with van der Waals surface area (Å²) < 4.78 is 5.39. The number of carbonyl (C=O) groups excluding carboxylic acids is 1. The molecule has 0 aromatic heterocycles. The van der Waals surface area contributed by atoms with Crippen LogP contribution in [0.3, 0.4) is 0 Å². The molecule has 0 radical (unpaired) electrons. The van der Waals surface area contributed by atoms with E-state index in [9.17, 15) is 4.79 Å². The van der Waals surface area contributed by atoms with Crippen molar-refractivity contribution in [3.63, 3.8) is 0 Å². The molecular weight excluding hydrogens is 202 g/mol. The van der Waals surface area contributed by atoms with Crippen molar-refractivity contribution >= 4 is 5.97 Å². The Morgan fingerprint density at radius 1 is 1.50 bits per heavy atom. The molecule has 0 spiro atoms. The van der Waals surface area contributed by atoms with Gasteiger partial charge >= 0.3 is 5.97 Å². The normalized spacial score (nSPS) is 23.8. The third-order valence-electron chi connectivity index (χ3n) is 3.20. The van der Waals surface area contributed by atoms with Crippen LogP contribution in [0.2, 0.25) is 0 Å². The molecule has 2 rings (SSSR count). The van der Waals surface area contributed by atoms with E-state index in [0.717, 1.165) is 12.0 Å². The van der Waals surface area contributed by atoms with E-state index in [1.165, 1.54) is 5.56 Å². The van der Waals surface area contributed by atoms with Crippen molar-refractivity contribution in [2.75, 3.05) is 6.54 Å². The van der Waals surface area contributed by atoms with E-state index in [0.29, 0.717) is 18.5 Å². The molecular formula is C13H17NO2. The highest BCUT2D eigenvalue weighted by Gasteiger charge is 2.35. The van der Waals surface area contributed by atoms with E-state index in [4.69, 9.17) is 10.5 Å². The van der Waals surface area contributed by atoms with Crippen LogP contribution in [0.1, 0.15) is 35.3 Å². The van der Waals surface area contributed by atoms with Gasteiger partial charge in [0.1, 0.15) is 5.60 Å². The van der Waals surface area contributed by atoms with Crippen molar-refractivity contribution in [3.05, 3.63) is 34.9 Å². The molecule has 1 aliphatic heterocycles. The third-order valence-corrected chi connectivity index (χ3v) is 3.20. The highest BCUT2D eigenvalue weighted by molar-refractivity contribution is 5.93. The maximum absolute atomic E-state index is 11.9. The second-order valence-electron chi connectivity index (χ2n) is 4.52. The minimum atomic E-state index is -0.546. The Kier molecular flexibility index (Phi) is 2.72. The maximum atomic E-state index is 11.9. The lowest BCUT2D eigenvalue weighted by atomic mass is 9.86. The van der Waals surface area contributed by atoms with Gasteiger partial charge in [0.25, 0.3) is 0 Å². The molecule has 1 aliphatic rings. The summed E-state index contributed by atoms with van der Waals surface area (Å²) in [5.74, 6) is -0.246. The summed E-state index contributed by atoms with van der Waals surface area (Å²) in [7, 11) is 0. The molecule has 86 valence electrons. The SMILES string of the molecule is CCc1cccc2c1CC(C)(CN)OC2=O. The van der Waals surface area contributed by atoms with Gasteiger partial charge in [0.05, 0.1) is 5.56 Å². The Morgan fingerprint density at radius 2 is 2.25 bits per heavy atom. The van der Waals surface area contributed by atoms with Gasteiger partial charge in [-0.05, 0) is 30.5 Å². The van der Waals surface area contributed by atoms with Crippen molar-refractivity contribution < 1.29 is 9.53 Å². The van der Waals surface area contributed by atoms with Gasteiger partial charge in [0.2, 0.25) is 0 Å². The predicted molar refractivity (Wildman–Crippen MR) is 62.4 cm³/mol. The maximum Gasteiger partial charge on any atom is 0.339 e. The molecule has 2 N–H and O–H groups in total. The average Bonchev–Trinajstić information content (AvgIpc) is 2.28. The quantitative estimate of drug-likeness (QED) is 0.770. The third kappa shape index (κ3) is 1.71. The number of nitrogens with two attached hydrogens (primary N) is 1. The summed E-state index contributed by atoms with van der Waals surface area (Å²) in [5, 5.41) is 0. The fourth-order valence-corrected chi connectivity index (χ4v) is 2.17. The molecule has 0 fully saturated rings. The van der Waals surface area contributed by atoms with E-state index in [1.54, 1.807) is 0 Å². The minimum Gasteiger partial charge on any atom is -0.454 e. The second-order valence-corrected chi connectivity index (χ2v) is 4.52. The number of cyclic esters (lactones) is 1. The molecule has 1 aromatic rings. The fourth-order valence-electron chi connectivity index (χ4n) is 2.17. The standard InChI is InChI=1S/C13H17NO2/c1-3-9-5-4-6-10-11(9)7-13(2,8-14)16-12(10)15/h4-6H,3,7-8,14H2,1-2H3. The summed E-state index contributed by atoms with van der Waals surface area (Å²) in [6.45, 7) is 4.34. The first-order chi connectivity index (χ1) is 7.59. The summed E-state index contributed by atoms with van der Waals surface area (Å²) in [6.07, 6.45) is 1.64. The van der Waals surface area contributed by atoms with Gasteiger partial charge in [0, 0.05) is 13.0 Å². The van der Waals surface area contributed by atoms with Gasteiger partial charge < -0.3 is 10.5 Å². The van der Waals surface area contributed by atoms with Crippen molar-refractivity contribution in [1.29, 1.82) is 0 Å². The first-order valence-electron chi connectivity index (χ1n) is 5.64. The number of hydrogen-bond acceptors (Lipinski definition) is 3. The van der Waals surface area contributed by atoms with Crippen LogP contribution in [0, 0.1) is 0 Å². The topological polar surface area (TPSA) is 52.3 Å². The lowest BCUT2D eigenvalue weighted by molar-refractivity contribution is -0.0112. The van der Waals surface area contributed by atoms with Crippen molar-refractivity contribution in [3.8, 4) is 0 Å². The van der Waals surface area contributed by atoms with Crippen LogP contribution in [0.15, 0.2) is 18.2 Å². The number of carbonyl (C=O) groups is 1. The van der Waals surface area contributed by atoms with Gasteiger partial charge in [-0.2, -0.15) is 0 Å². The number of benzene rings is 1. The number of esters is 1. The Hall–Kier alpha value is -1.35. The molecule has 0 saturated heterocycles. The lowest BCUT2D eigenvalue weighted by Gasteiger charge is -2.34. The Balaban J connectivity index is 2.51. The minimum absolute atomic E-state index is 0.246. The first kappa shape index (κ1) is 11.1. The van der Waals surface area contributed by atoms with E-state index in [-0.39, 0.29) is 5.97 Å². The number of ether oxygens (including phenoxy) is 1. The second kappa shape index (κ2) is 3.91. The van der Waals surface area contributed by atoms with Gasteiger partial charge in [-0.1, -0.05) is 19.1 Å². The molecule has 0 aliphatic carbocycles. The van der Waals surface area contributed by atoms with Crippen molar-refractivity contribution in [1.82, 2.24) is 0 Å². The van der Waals surface area contributed by atoms with Gasteiger partial charge in [-0.3, -0.25) is 0 Å². The summed E-state index contributed by atoms with van der Waals surface area (Å²) >= 11 is 0. The number of aryl methyl sites for hydroxylation is 1. The van der Waals surface area contributed by atoms with Crippen LogP contribution in [0.5, 0.6) is 0 Å². The zero-order valence-electron chi connectivity index (χ0n) is 9.75. The molecule has 0 saturated carbocycles. The molecule has 0 amide bonds. The van der Waals surface area contributed by atoms with Gasteiger partial charge in [-0.25, -0.2) is 4.79 Å². The Bertz CT molecular complexity index is 428. The Labute approximate surface area is 95.6 Å². The van der Waals surface area contributed by atoms with Crippen LogP contribution in [0.25, 0.3) is 0 Å². The van der Waals surface area contributed by atoms with Crippen LogP contribution in [-0.4, -0.2) is 18.1 Å². The molecule has 1 unspecified atom stereocenters. The van der Waals surface area contributed by atoms with Gasteiger partial charge in [0.15, 0.2) is 0 Å². The predicted octanol–water partition coefficient (Wildman–Crippen LogP) is 1.68. The fraction of sp³-hybridized carbons (Fsp3) is 0.462. The first-order valence-corrected chi connectivity index (χ1v) is 5.64. The molecule has 3 heteroatoms. The monoisotopic (exact) mass is 219 g/mol. The number of fused-ring (bicyclic) bond motifs is 1. The molecule has 1 heterocycles. The highest BCUT2D eigenvalue weighted by atomic mass is 16.6.